The predicted molar refractivity (Wildman–Crippen MR) is 48.5 cm³/mol. The second-order valence-electron chi connectivity index (χ2n) is 3.81. The molecule has 0 aromatic carbocycles. The molecule has 5 nitrogen and oxygen atoms in total. The molecule has 0 radical (unpaired) electrons. The lowest BCUT2D eigenvalue weighted by molar-refractivity contribution is -0.137. The van der Waals surface area contributed by atoms with Crippen LogP contribution in [-0.2, 0) is 14.3 Å². The molecule has 2 aliphatic heterocycles. The highest BCUT2D eigenvalue weighted by molar-refractivity contribution is 5.99. The molecule has 0 aliphatic carbocycles. The van der Waals surface area contributed by atoms with Gasteiger partial charge in [0.1, 0.15) is 0 Å². The van der Waals surface area contributed by atoms with Crippen molar-refractivity contribution in [2.24, 2.45) is 0 Å². The van der Waals surface area contributed by atoms with Crippen LogP contribution in [0.5, 0.6) is 0 Å². The van der Waals surface area contributed by atoms with Gasteiger partial charge in [-0.2, -0.15) is 0 Å². The van der Waals surface area contributed by atoms with Crippen LogP contribution in [0.15, 0.2) is 0 Å². The first kappa shape index (κ1) is 9.61. The van der Waals surface area contributed by atoms with Gasteiger partial charge >= 0.3 is 0 Å². The van der Waals surface area contributed by atoms with E-state index in [9.17, 15) is 9.59 Å². The Morgan fingerprint density at radius 1 is 1.36 bits per heavy atom. The number of hydrogen-bond acceptors (Lipinski definition) is 4. The van der Waals surface area contributed by atoms with Crippen molar-refractivity contribution >= 4 is 11.8 Å². The van der Waals surface area contributed by atoms with E-state index >= 15 is 0 Å². The molecule has 0 aromatic heterocycles. The van der Waals surface area contributed by atoms with Crippen molar-refractivity contribution in [3.63, 3.8) is 0 Å². The number of hydrogen-bond donors (Lipinski definition) is 1. The lowest BCUT2D eigenvalue weighted by atomic mass is 10.1. The van der Waals surface area contributed by atoms with Crippen LogP contribution in [0.2, 0.25) is 0 Å². The summed E-state index contributed by atoms with van der Waals surface area (Å²) in [5.74, 6) is -0.416. The summed E-state index contributed by atoms with van der Waals surface area (Å²) in [5.41, 5.74) is 0. The second kappa shape index (κ2) is 3.67. The van der Waals surface area contributed by atoms with Gasteiger partial charge in [0.25, 0.3) is 0 Å². The number of amides is 2. The monoisotopic (exact) mass is 198 g/mol. The minimum absolute atomic E-state index is 0.119. The molecule has 2 heterocycles. The molecule has 0 aromatic rings. The van der Waals surface area contributed by atoms with Crippen molar-refractivity contribution in [1.82, 2.24) is 10.2 Å². The first-order valence-electron chi connectivity index (χ1n) is 4.85. The number of imide groups is 1. The van der Waals surface area contributed by atoms with Gasteiger partial charge in [0.2, 0.25) is 11.8 Å². The van der Waals surface area contributed by atoms with E-state index in [2.05, 4.69) is 5.32 Å². The average Bonchev–Trinajstić information content (AvgIpc) is 2.49. The molecule has 2 fully saturated rings. The normalized spacial score (nSPS) is 34.6. The van der Waals surface area contributed by atoms with Crippen molar-refractivity contribution in [2.75, 3.05) is 19.7 Å². The Morgan fingerprint density at radius 2 is 2.00 bits per heavy atom. The van der Waals surface area contributed by atoms with Gasteiger partial charge in [0.05, 0.1) is 19.2 Å². The molecule has 2 unspecified atom stereocenters. The highest BCUT2D eigenvalue weighted by atomic mass is 16.5. The topological polar surface area (TPSA) is 58.6 Å². The zero-order valence-corrected chi connectivity index (χ0v) is 8.16. The molecular weight excluding hydrogens is 184 g/mol. The summed E-state index contributed by atoms with van der Waals surface area (Å²) in [6.45, 7) is 3.32. The van der Waals surface area contributed by atoms with Gasteiger partial charge in [-0.25, -0.2) is 0 Å². The number of nitrogens with one attached hydrogen (secondary N) is 1. The fourth-order valence-corrected chi connectivity index (χ4v) is 2.09. The van der Waals surface area contributed by atoms with Gasteiger partial charge < -0.3 is 4.74 Å². The molecule has 2 aliphatic rings. The van der Waals surface area contributed by atoms with E-state index in [1.807, 2.05) is 11.8 Å². The molecule has 0 bridgehead atoms. The van der Waals surface area contributed by atoms with E-state index in [-0.39, 0.29) is 24.0 Å². The molecule has 5 heteroatoms. The molecular formula is C9H14N2O3. The van der Waals surface area contributed by atoms with Crippen molar-refractivity contribution < 1.29 is 14.3 Å². The van der Waals surface area contributed by atoms with Gasteiger partial charge in [0.15, 0.2) is 0 Å². The zero-order chi connectivity index (χ0) is 10.1. The minimum Gasteiger partial charge on any atom is -0.377 e. The van der Waals surface area contributed by atoms with Crippen molar-refractivity contribution in [1.29, 1.82) is 0 Å². The van der Waals surface area contributed by atoms with Gasteiger partial charge in [-0.1, -0.05) is 0 Å². The minimum atomic E-state index is -0.208. The molecule has 2 saturated heterocycles. The van der Waals surface area contributed by atoms with E-state index in [4.69, 9.17) is 4.74 Å². The van der Waals surface area contributed by atoms with Crippen LogP contribution in [0.4, 0.5) is 0 Å². The third kappa shape index (κ3) is 1.78. The van der Waals surface area contributed by atoms with E-state index in [0.29, 0.717) is 13.1 Å². The molecule has 78 valence electrons. The molecule has 2 amide bonds. The van der Waals surface area contributed by atoms with Crippen LogP contribution < -0.4 is 5.32 Å². The summed E-state index contributed by atoms with van der Waals surface area (Å²) in [6, 6.07) is 0.213. The largest absolute Gasteiger partial charge is 0.377 e. The fraction of sp³-hybridized carbons (Fsp3) is 0.778. The van der Waals surface area contributed by atoms with Crippen LogP contribution in [-0.4, -0.2) is 48.6 Å². The summed E-state index contributed by atoms with van der Waals surface area (Å²) in [5, 5.41) is 2.29. The first-order valence-corrected chi connectivity index (χ1v) is 4.85. The number of carbonyl (C=O) groups excluding carboxylic acids is 2. The Balaban J connectivity index is 2.02. The molecule has 2 atom stereocenters. The predicted octanol–water partition coefficient (Wildman–Crippen LogP) is -0.878. The number of nitrogens with zero attached hydrogens (tertiary/aromatic N) is 1. The number of carbonyl (C=O) groups is 2. The van der Waals surface area contributed by atoms with Gasteiger partial charge in [-0.3, -0.25) is 19.8 Å². The van der Waals surface area contributed by atoms with Crippen molar-refractivity contribution in [3.8, 4) is 0 Å². The maximum Gasteiger partial charge on any atom is 0.240 e. The highest BCUT2D eigenvalue weighted by Gasteiger charge is 2.34. The Hall–Kier alpha value is -0.940. The van der Waals surface area contributed by atoms with Crippen LogP contribution in [0.25, 0.3) is 0 Å². The van der Waals surface area contributed by atoms with Crippen molar-refractivity contribution in [3.05, 3.63) is 0 Å². The zero-order valence-electron chi connectivity index (χ0n) is 8.16. The number of ether oxygens (including phenoxy) is 1. The molecule has 0 spiro atoms. The number of rotatable bonds is 1. The summed E-state index contributed by atoms with van der Waals surface area (Å²) >= 11 is 0. The first-order chi connectivity index (χ1) is 6.66. The highest BCUT2D eigenvalue weighted by Crippen LogP contribution is 2.19. The number of piperazine rings is 1. The third-order valence-corrected chi connectivity index (χ3v) is 2.78. The molecule has 2 rings (SSSR count). The average molecular weight is 198 g/mol. The summed E-state index contributed by atoms with van der Waals surface area (Å²) < 4.78 is 5.40. The van der Waals surface area contributed by atoms with Crippen LogP contribution in [0.3, 0.4) is 0 Å². The van der Waals surface area contributed by atoms with Gasteiger partial charge in [0, 0.05) is 12.6 Å². The standard InChI is InChI=1S/C9H14N2O3/c1-6-7(2-3-14-6)11-4-8(12)10-9(13)5-11/h6-7H,2-5H2,1H3,(H,10,12,13). The van der Waals surface area contributed by atoms with Crippen LogP contribution in [0.1, 0.15) is 13.3 Å². The van der Waals surface area contributed by atoms with E-state index in [1.165, 1.54) is 0 Å². The fourth-order valence-electron chi connectivity index (χ4n) is 2.09. The maximum absolute atomic E-state index is 11.1. The summed E-state index contributed by atoms with van der Waals surface area (Å²) in [7, 11) is 0. The molecule has 14 heavy (non-hydrogen) atoms. The second-order valence-corrected chi connectivity index (χ2v) is 3.81. The summed E-state index contributed by atoms with van der Waals surface area (Å²) in [4.78, 5) is 24.2. The van der Waals surface area contributed by atoms with E-state index in [0.717, 1.165) is 13.0 Å². The molecule has 0 saturated carbocycles. The SMILES string of the molecule is CC1OCCC1N1CC(=O)NC(=O)C1. The Bertz CT molecular complexity index is 251. The Morgan fingerprint density at radius 3 is 2.50 bits per heavy atom. The lowest BCUT2D eigenvalue weighted by Crippen LogP contribution is -2.56. The Labute approximate surface area is 82.4 Å². The smallest absolute Gasteiger partial charge is 0.240 e. The van der Waals surface area contributed by atoms with E-state index < -0.39 is 0 Å². The summed E-state index contributed by atoms with van der Waals surface area (Å²) in [6.07, 6.45) is 1.02. The molecule has 1 N–H and O–H groups in total. The van der Waals surface area contributed by atoms with Gasteiger partial charge in [-0.05, 0) is 13.3 Å². The van der Waals surface area contributed by atoms with Crippen LogP contribution >= 0.6 is 0 Å². The quantitative estimate of drug-likeness (QED) is 0.556. The Kier molecular flexibility index (Phi) is 2.52. The van der Waals surface area contributed by atoms with Crippen molar-refractivity contribution in [2.45, 2.75) is 25.5 Å². The maximum atomic E-state index is 11.1. The lowest BCUT2D eigenvalue weighted by Gasteiger charge is -2.32. The van der Waals surface area contributed by atoms with Crippen LogP contribution in [0, 0.1) is 0 Å². The van der Waals surface area contributed by atoms with Gasteiger partial charge in [-0.15, -0.1) is 0 Å². The van der Waals surface area contributed by atoms with E-state index in [1.54, 1.807) is 0 Å². The third-order valence-electron chi connectivity index (χ3n) is 2.78.